The molecule has 7 heteroatoms. The highest BCUT2D eigenvalue weighted by Crippen LogP contribution is 2.29. The van der Waals surface area contributed by atoms with Crippen molar-refractivity contribution in [2.75, 3.05) is 36.0 Å². The number of rotatable bonds is 3. The van der Waals surface area contributed by atoms with E-state index in [1.54, 1.807) is 24.3 Å². The van der Waals surface area contributed by atoms with Gasteiger partial charge in [0, 0.05) is 41.9 Å². The van der Waals surface area contributed by atoms with Crippen molar-refractivity contribution in [2.24, 2.45) is 0 Å². The first kappa shape index (κ1) is 18.3. The number of imide groups is 1. The van der Waals surface area contributed by atoms with Crippen molar-refractivity contribution in [3.8, 4) is 0 Å². The molecule has 2 aromatic rings. The highest BCUT2D eigenvalue weighted by Gasteiger charge is 2.43. The van der Waals surface area contributed by atoms with Crippen LogP contribution in [-0.2, 0) is 9.59 Å². The number of benzene rings is 2. The lowest BCUT2D eigenvalue weighted by Gasteiger charge is -2.38. The quantitative estimate of drug-likeness (QED) is 0.736. The average Bonchev–Trinajstić information content (AvgIpc) is 2.96. The van der Waals surface area contributed by atoms with Crippen molar-refractivity contribution in [2.45, 2.75) is 12.5 Å². The first-order valence-corrected chi connectivity index (χ1v) is 9.65. The van der Waals surface area contributed by atoms with Gasteiger partial charge in [0.15, 0.2) is 0 Å². The van der Waals surface area contributed by atoms with E-state index >= 15 is 0 Å². The molecule has 0 radical (unpaired) electrons. The Bertz CT molecular complexity index is 881. The van der Waals surface area contributed by atoms with Crippen molar-refractivity contribution < 1.29 is 9.59 Å². The predicted molar refractivity (Wildman–Crippen MR) is 108 cm³/mol. The van der Waals surface area contributed by atoms with Gasteiger partial charge in [0.25, 0.3) is 5.91 Å². The van der Waals surface area contributed by atoms with Gasteiger partial charge in [0.1, 0.15) is 0 Å². The second-order valence-corrected chi connectivity index (χ2v) is 7.64. The Hall–Kier alpha value is -2.08. The van der Waals surface area contributed by atoms with Gasteiger partial charge in [-0.1, -0.05) is 35.3 Å². The highest BCUT2D eigenvalue weighted by molar-refractivity contribution is 6.31. The van der Waals surface area contributed by atoms with Crippen molar-refractivity contribution >= 4 is 46.4 Å². The fourth-order valence-corrected chi connectivity index (χ4v) is 4.12. The smallest absolute Gasteiger partial charge is 0.251 e. The van der Waals surface area contributed by atoms with Crippen molar-refractivity contribution in [1.29, 1.82) is 0 Å². The molecule has 0 N–H and O–H groups in total. The molecular weight excluding hydrogens is 385 g/mol. The maximum absolute atomic E-state index is 12.9. The first-order valence-electron chi connectivity index (χ1n) is 8.90. The van der Waals surface area contributed by atoms with Crippen LogP contribution in [0.15, 0.2) is 48.5 Å². The van der Waals surface area contributed by atoms with E-state index < -0.39 is 6.04 Å². The van der Waals surface area contributed by atoms with E-state index in [0.29, 0.717) is 15.7 Å². The number of anilines is 2. The number of carbonyl (C=O) groups is 2. The van der Waals surface area contributed by atoms with Crippen molar-refractivity contribution in [3.05, 3.63) is 58.6 Å². The molecule has 2 aliphatic rings. The van der Waals surface area contributed by atoms with E-state index in [0.717, 1.165) is 31.9 Å². The Morgan fingerprint density at radius 3 is 2.04 bits per heavy atom. The number of carbonyl (C=O) groups excluding carboxylic acids is 2. The normalized spacial score (nSPS) is 21.2. The minimum absolute atomic E-state index is 0.168. The van der Waals surface area contributed by atoms with E-state index in [2.05, 4.69) is 9.80 Å². The van der Waals surface area contributed by atoms with E-state index in [9.17, 15) is 9.59 Å². The zero-order chi connectivity index (χ0) is 19.0. The number of hydrogen-bond donors (Lipinski definition) is 0. The molecular formula is C20H19Cl2N3O2. The molecule has 2 aliphatic heterocycles. The second-order valence-electron chi connectivity index (χ2n) is 6.77. The monoisotopic (exact) mass is 403 g/mol. The molecule has 0 spiro atoms. The molecule has 5 nitrogen and oxygen atoms in total. The van der Waals surface area contributed by atoms with Gasteiger partial charge >= 0.3 is 0 Å². The van der Waals surface area contributed by atoms with Gasteiger partial charge in [-0.15, -0.1) is 0 Å². The summed E-state index contributed by atoms with van der Waals surface area (Å²) < 4.78 is 0. The third-order valence-electron chi connectivity index (χ3n) is 5.12. The van der Waals surface area contributed by atoms with Gasteiger partial charge in [-0.2, -0.15) is 0 Å². The summed E-state index contributed by atoms with van der Waals surface area (Å²) in [6, 6.07) is 14.2. The third kappa shape index (κ3) is 3.68. The van der Waals surface area contributed by atoms with Crippen LogP contribution in [0.2, 0.25) is 10.0 Å². The summed E-state index contributed by atoms with van der Waals surface area (Å²) in [6.07, 6.45) is 0.211. The number of piperazine rings is 1. The molecule has 2 saturated heterocycles. The maximum atomic E-state index is 12.9. The maximum Gasteiger partial charge on any atom is 0.251 e. The number of hydrogen-bond acceptors (Lipinski definition) is 4. The average molecular weight is 404 g/mol. The zero-order valence-electron chi connectivity index (χ0n) is 14.6. The molecule has 0 aromatic heterocycles. The lowest BCUT2D eigenvalue weighted by Crippen LogP contribution is -2.52. The van der Waals surface area contributed by atoms with Gasteiger partial charge in [-0.25, -0.2) is 4.90 Å². The minimum atomic E-state index is -0.405. The Balaban J connectivity index is 1.44. The summed E-state index contributed by atoms with van der Waals surface area (Å²) in [5.74, 6) is -0.344. The fourth-order valence-electron chi connectivity index (χ4n) is 3.75. The fraction of sp³-hybridized carbons (Fsp3) is 0.300. The number of halogens is 2. The second kappa shape index (κ2) is 7.50. The lowest BCUT2D eigenvalue weighted by molar-refractivity contribution is -0.123. The van der Waals surface area contributed by atoms with Crippen LogP contribution in [0.1, 0.15) is 6.42 Å². The van der Waals surface area contributed by atoms with Crippen molar-refractivity contribution in [1.82, 2.24) is 4.90 Å². The first-order chi connectivity index (χ1) is 13.0. The summed E-state index contributed by atoms with van der Waals surface area (Å²) >= 11 is 12.1. The van der Waals surface area contributed by atoms with Gasteiger partial charge in [0.2, 0.25) is 5.91 Å². The zero-order valence-corrected chi connectivity index (χ0v) is 16.2. The van der Waals surface area contributed by atoms with Gasteiger partial charge in [0.05, 0.1) is 18.2 Å². The summed E-state index contributed by atoms with van der Waals surface area (Å²) in [7, 11) is 0. The Morgan fingerprint density at radius 1 is 0.815 bits per heavy atom. The Labute approximate surface area is 168 Å². The van der Waals surface area contributed by atoms with Crippen molar-refractivity contribution in [3.63, 3.8) is 0 Å². The molecule has 140 valence electrons. The standard InChI is InChI=1S/C20H19Cl2N3O2/c21-14-3-1-5-16(11-14)23-7-9-24(10-8-23)18-13-19(26)25(20(18)27)17-6-2-4-15(22)12-17/h1-6,11-12,18H,7-10,13H2/t18-/m1/s1. The molecule has 4 rings (SSSR count). The SMILES string of the molecule is O=C1C[C@@H](N2CCN(c3cccc(Cl)c3)CC2)C(=O)N1c1cccc(Cl)c1. The summed E-state index contributed by atoms with van der Waals surface area (Å²) in [5.41, 5.74) is 1.62. The lowest BCUT2D eigenvalue weighted by atomic mass is 10.1. The van der Waals surface area contributed by atoms with E-state index in [1.165, 1.54) is 4.90 Å². The van der Waals surface area contributed by atoms with Crippen LogP contribution in [0.25, 0.3) is 0 Å². The van der Waals surface area contributed by atoms with Gasteiger partial charge in [-0.05, 0) is 36.4 Å². The summed E-state index contributed by atoms with van der Waals surface area (Å²) in [5, 5.41) is 1.22. The molecule has 2 aromatic carbocycles. The van der Waals surface area contributed by atoms with E-state index in [4.69, 9.17) is 23.2 Å². The Morgan fingerprint density at radius 2 is 1.41 bits per heavy atom. The topological polar surface area (TPSA) is 43.9 Å². The highest BCUT2D eigenvalue weighted by atomic mass is 35.5. The molecule has 0 aliphatic carbocycles. The van der Waals surface area contributed by atoms with Crippen LogP contribution in [-0.4, -0.2) is 48.9 Å². The number of amides is 2. The van der Waals surface area contributed by atoms with Crippen LogP contribution < -0.4 is 9.80 Å². The van der Waals surface area contributed by atoms with Crippen LogP contribution in [0.4, 0.5) is 11.4 Å². The van der Waals surface area contributed by atoms with Crippen LogP contribution in [0.5, 0.6) is 0 Å². The molecule has 0 unspecified atom stereocenters. The van der Waals surface area contributed by atoms with Gasteiger partial charge in [-0.3, -0.25) is 14.5 Å². The third-order valence-corrected chi connectivity index (χ3v) is 5.59. The molecule has 27 heavy (non-hydrogen) atoms. The molecule has 0 saturated carbocycles. The van der Waals surface area contributed by atoms with Crippen LogP contribution in [0.3, 0.4) is 0 Å². The van der Waals surface area contributed by atoms with Crippen LogP contribution in [0, 0.1) is 0 Å². The molecule has 2 amide bonds. The molecule has 2 fully saturated rings. The largest absolute Gasteiger partial charge is 0.369 e. The molecule has 2 heterocycles. The number of nitrogens with zero attached hydrogens (tertiary/aromatic N) is 3. The molecule has 1 atom stereocenters. The minimum Gasteiger partial charge on any atom is -0.369 e. The van der Waals surface area contributed by atoms with Gasteiger partial charge < -0.3 is 4.90 Å². The summed E-state index contributed by atoms with van der Waals surface area (Å²) in [4.78, 5) is 31.0. The molecule has 0 bridgehead atoms. The van der Waals surface area contributed by atoms with E-state index in [1.807, 2.05) is 24.3 Å². The summed E-state index contributed by atoms with van der Waals surface area (Å²) in [6.45, 7) is 3.02. The predicted octanol–water partition coefficient (Wildman–Crippen LogP) is 3.45. The van der Waals surface area contributed by atoms with E-state index in [-0.39, 0.29) is 18.2 Å². The Kier molecular flexibility index (Phi) is 5.08. The van der Waals surface area contributed by atoms with Crippen LogP contribution >= 0.6 is 23.2 Å².